The third-order valence-electron chi connectivity index (χ3n) is 7.04. The summed E-state index contributed by atoms with van der Waals surface area (Å²) in [6.45, 7) is 5.42. The molecule has 0 spiro atoms. The number of aromatic nitrogens is 1. The lowest BCUT2D eigenvalue weighted by molar-refractivity contribution is -0.124. The van der Waals surface area contributed by atoms with E-state index in [0.29, 0.717) is 25.1 Å². The predicted octanol–water partition coefficient (Wildman–Crippen LogP) is 6.49. The molecule has 6 N–H and O–H groups in total. The number of hydrogen-bond acceptors (Lipinski definition) is 8. The molecule has 0 saturated carbocycles. The lowest BCUT2D eigenvalue weighted by Crippen LogP contribution is -2.47. The van der Waals surface area contributed by atoms with Gasteiger partial charge in [0.25, 0.3) is 5.91 Å². The summed E-state index contributed by atoms with van der Waals surface area (Å²) in [5.41, 5.74) is 5.93. The van der Waals surface area contributed by atoms with E-state index in [2.05, 4.69) is 89.4 Å². The van der Waals surface area contributed by atoms with Crippen LogP contribution in [-0.4, -0.2) is 69.2 Å². The Labute approximate surface area is 301 Å². The number of primary amides is 1. The van der Waals surface area contributed by atoms with Crippen LogP contribution < -0.4 is 16.4 Å². The van der Waals surface area contributed by atoms with Crippen molar-refractivity contribution in [3.8, 4) is 0 Å². The largest absolute Gasteiger partial charge is 0.394 e. The van der Waals surface area contributed by atoms with Crippen molar-refractivity contribution >= 4 is 39.3 Å². The summed E-state index contributed by atoms with van der Waals surface area (Å²) >= 11 is 0. The fourth-order valence-corrected chi connectivity index (χ4v) is 7.06. The fraction of sp³-hybridized carbons (Fsp3) is 0.474. The Balaban J connectivity index is 2.37. The number of nitrogens with zero attached hydrogens (tertiary/aromatic N) is 1. The minimum atomic E-state index is -0.912. The van der Waals surface area contributed by atoms with Crippen LogP contribution >= 0.6 is 21.6 Å². The second-order valence-corrected chi connectivity index (χ2v) is 14.7. The van der Waals surface area contributed by atoms with E-state index in [-0.39, 0.29) is 17.2 Å². The zero-order chi connectivity index (χ0) is 36.2. The van der Waals surface area contributed by atoms with Crippen molar-refractivity contribution in [2.24, 2.45) is 5.73 Å². The van der Waals surface area contributed by atoms with Crippen LogP contribution in [0.3, 0.4) is 0 Å². The Kier molecular flexibility index (Phi) is 24.4. The number of carbonyl (C=O) groups excluding carboxylic acids is 3. The summed E-state index contributed by atoms with van der Waals surface area (Å²) < 4.78 is -0.775. The molecular formula is C38H56N4O5S2. The minimum Gasteiger partial charge on any atom is -0.394 e. The van der Waals surface area contributed by atoms with Gasteiger partial charge in [-0.3, -0.25) is 19.4 Å². The van der Waals surface area contributed by atoms with Gasteiger partial charge < -0.3 is 26.6 Å². The molecule has 0 aliphatic carbocycles. The molecule has 0 unspecified atom stereocenters. The van der Waals surface area contributed by atoms with Crippen LogP contribution in [0.1, 0.15) is 94.1 Å². The van der Waals surface area contributed by atoms with E-state index in [4.69, 9.17) is 5.73 Å². The Morgan fingerprint density at radius 3 is 1.92 bits per heavy atom. The number of nitrogens with two attached hydrogens (primary N) is 1. The fourth-order valence-electron chi connectivity index (χ4n) is 4.47. The van der Waals surface area contributed by atoms with Gasteiger partial charge in [-0.05, 0) is 70.9 Å². The maximum Gasteiger partial charge on any atom is 0.250 e. The Morgan fingerprint density at radius 2 is 1.41 bits per heavy atom. The van der Waals surface area contributed by atoms with Crippen molar-refractivity contribution < 1.29 is 24.6 Å². The first-order valence-corrected chi connectivity index (χ1v) is 19.2. The average Bonchev–Trinajstić information content (AvgIpc) is 3.08. The molecule has 3 amide bonds. The number of aliphatic hydroxyl groups excluding tert-OH is 2. The Bertz CT molecular complexity index is 1290. The molecule has 1 rings (SSSR count). The van der Waals surface area contributed by atoms with Crippen molar-refractivity contribution in [3.05, 3.63) is 102 Å². The standard InChI is InChI=1S/C38H56N4O5S2/c1-4-5-6-7-8-9-10-11-12-13-14-15-16-17-18-19-20-21-22-25-33(45)40-27-28-48-49-38(2,3)34(37(47)42-31(29-43)30-44)35-32(36(39)46)24-23-26-41-35/h5-6,8-9,11-12,14-15,17-18,20-21,23-24,26,31,34,43-44H,4,7,10,13,16,19,22,25,27-30H2,1-3H3,(H2,39,46)(H,40,45)(H,42,47)/b6-5-,9-8-,12-11-,15-14-,18-17-,21-20-/t34-/m1/s1. The van der Waals surface area contributed by atoms with Crippen LogP contribution in [0.5, 0.6) is 0 Å². The van der Waals surface area contributed by atoms with E-state index in [1.165, 1.54) is 33.9 Å². The highest BCUT2D eigenvalue weighted by molar-refractivity contribution is 8.77. The SMILES string of the molecule is CC/C=C\C/C=C\C/C=C\C/C=C\C/C=C\C/C=C\CCC(=O)NCCSSC(C)(C)[C@@H](C(=O)NC(CO)CO)c1ncccc1C(N)=O. The van der Waals surface area contributed by atoms with Gasteiger partial charge in [-0.2, -0.15) is 0 Å². The number of hydrogen-bond donors (Lipinski definition) is 5. The molecule has 0 aromatic carbocycles. The summed E-state index contributed by atoms with van der Waals surface area (Å²) in [5, 5.41) is 24.5. The Hall–Kier alpha value is -3.38. The molecule has 0 bridgehead atoms. The Morgan fingerprint density at radius 1 is 0.878 bits per heavy atom. The maximum atomic E-state index is 13.4. The smallest absolute Gasteiger partial charge is 0.250 e. The first kappa shape index (κ1) is 43.6. The molecule has 0 aliphatic rings. The molecule has 0 fully saturated rings. The first-order chi connectivity index (χ1) is 23.7. The quantitative estimate of drug-likeness (QED) is 0.0415. The van der Waals surface area contributed by atoms with Gasteiger partial charge in [-0.25, -0.2) is 0 Å². The van der Waals surface area contributed by atoms with Gasteiger partial charge in [0.1, 0.15) is 0 Å². The van der Waals surface area contributed by atoms with Crippen molar-refractivity contribution in [2.45, 2.75) is 88.8 Å². The van der Waals surface area contributed by atoms with Gasteiger partial charge in [0.15, 0.2) is 0 Å². The van der Waals surface area contributed by atoms with Crippen LogP contribution in [0.4, 0.5) is 0 Å². The summed E-state index contributed by atoms with van der Waals surface area (Å²) in [7, 11) is 2.91. The lowest BCUT2D eigenvalue weighted by atomic mass is 9.87. The number of pyridine rings is 1. The number of allylic oxidation sites excluding steroid dienone is 12. The number of aliphatic hydroxyl groups is 2. The number of amides is 3. The highest BCUT2D eigenvalue weighted by atomic mass is 33.1. The van der Waals surface area contributed by atoms with Crippen LogP contribution in [-0.2, 0) is 9.59 Å². The summed E-state index contributed by atoms with van der Waals surface area (Å²) in [6.07, 6.45) is 34.1. The third-order valence-corrected chi connectivity index (χ3v) is 10.3. The van der Waals surface area contributed by atoms with Gasteiger partial charge >= 0.3 is 0 Å². The van der Waals surface area contributed by atoms with Crippen LogP contribution in [0, 0.1) is 0 Å². The molecule has 0 saturated heterocycles. The summed E-state index contributed by atoms with van der Waals surface area (Å²) in [6, 6.07) is 2.24. The normalized spacial score (nSPS) is 13.3. The van der Waals surface area contributed by atoms with Crippen LogP contribution in [0.2, 0.25) is 0 Å². The van der Waals surface area contributed by atoms with Gasteiger partial charge in [0.05, 0.1) is 36.4 Å². The molecule has 270 valence electrons. The monoisotopic (exact) mass is 712 g/mol. The van der Waals surface area contributed by atoms with E-state index in [1.54, 1.807) is 6.07 Å². The van der Waals surface area contributed by atoms with E-state index >= 15 is 0 Å². The molecular weight excluding hydrogens is 657 g/mol. The molecule has 49 heavy (non-hydrogen) atoms. The van der Waals surface area contributed by atoms with Crippen molar-refractivity contribution in [1.82, 2.24) is 15.6 Å². The zero-order valence-corrected chi connectivity index (χ0v) is 30.9. The highest BCUT2D eigenvalue weighted by Gasteiger charge is 2.41. The predicted molar refractivity (Wildman–Crippen MR) is 206 cm³/mol. The molecule has 1 aromatic heterocycles. The number of carbonyl (C=O) groups is 3. The maximum absolute atomic E-state index is 13.4. The summed E-state index contributed by atoms with van der Waals surface area (Å²) in [4.78, 5) is 42.1. The average molecular weight is 713 g/mol. The zero-order valence-electron chi connectivity index (χ0n) is 29.3. The molecule has 11 heteroatoms. The highest BCUT2D eigenvalue weighted by Crippen LogP contribution is 2.45. The van der Waals surface area contributed by atoms with Crippen molar-refractivity contribution in [2.75, 3.05) is 25.5 Å². The lowest BCUT2D eigenvalue weighted by Gasteiger charge is -2.33. The second kappa shape index (κ2) is 27.4. The minimum absolute atomic E-state index is 0.0275. The second-order valence-electron chi connectivity index (χ2n) is 11.6. The van der Waals surface area contributed by atoms with Gasteiger partial charge in [-0.1, -0.05) is 101 Å². The van der Waals surface area contributed by atoms with E-state index in [1.807, 2.05) is 19.9 Å². The van der Waals surface area contributed by atoms with Gasteiger partial charge in [0.2, 0.25) is 11.8 Å². The topological polar surface area (TPSA) is 155 Å². The number of nitrogens with one attached hydrogen (secondary N) is 2. The van der Waals surface area contributed by atoms with Crippen LogP contribution in [0.25, 0.3) is 0 Å². The molecule has 1 atom stereocenters. The molecule has 0 radical (unpaired) electrons. The van der Waals surface area contributed by atoms with Gasteiger partial charge in [0, 0.05) is 29.7 Å². The van der Waals surface area contributed by atoms with Gasteiger partial charge in [-0.15, -0.1) is 0 Å². The van der Waals surface area contributed by atoms with Crippen LogP contribution in [0.15, 0.2) is 91.2 Å². The molecule has 1 aromatic rings. The molecule has 0 aliphatic heterocycles. The number of rotatable bonds is 26. The molecule has 9 nitrogen and oxygen atoms in total. The molecule has 1 heterocycles. The van der Waals surface area contributed by atoms with E-state index < -0.39 is 41.7 Å². The van der Waals surface area contributed by atoms with Crippen molar-refractivity contribution in [1.29, 1.82) is 0 Å². The van der Waals surface area contributed by atoms with Crippen molar-refractivity contribution in [3.63, 3.8) is 0 Å². The first-order valence-electron chi connectivity index (χ1n) is 16.9. The van der Waals surface area contributed by atoms with E-state index in [0.717, 1.165) is 38.5 Å². The third kappa shape index (κ3) is 20.0. The summed E-state index contributed by atoms with van der Waals surface area (Å²) in [5.74, 6) is -1.54. The van der Waals surface area contributed by atoms with E-state index in [9.17, 15) is 24.6 Å².